The third kappa shape index (κ3) is 7.48. The van der Waals surface area contributed by atoms with Crippen molar-refractivity contribution >= 4 is 23.2 Å². The molecule has 0 unspecified atom stereocenters. The summed E-state index contributed by atoms with van der Waals surface area (Å²) in [4.78, 5) is 17.0. The van der Waals surface area contributed by atoms with Crippen molar-refractivity contribution in [1.29, 1.82) is 0 Å². The van der Waals surface area contributed by atoms with Gasteiger partial charge in [0.25, 0.3) is 5.91 Å². The van der Waals surface area contributed by atoms with Gasteiger partial charge in [0.2, 0.25) is 0 Å². The first kappa shape index (κ1) is 25.1. The van der Waals surface area contributed by atoms with Gasteiger partial charge < -0.3 is 29.6 Å². The molecular formula is C24H32ClN3O5. The third-order valence-electron chi connectivity index (χ3n) is 5.65. The fourth-order valence-electron chi connectivity index (χ4n) is 3.84. The smallest absolute Gasteiger partial charge is 0.270 e. The number of nitrogens with zero attached hydrogens (tertiary/aromatic N) is 1. The van der Waals surface area contributed by atoms with E-state index in [4.69, 9.17) is 30.5 Å². The first-order valence-corrected chi connectivity index (χ1v) is 11.4. The van der Waals surface area contributed by atoms with Gasteiger partial charge in [-0.25, -0.2) is 4.98 Å². The lowest BCUT2D eigenvalue weighted by Gasteiger charge is -2.29. The molecule has 1 saturated carbocycles. The lowest BCUT2D eigenvalue weighted by Crippen LogP contribution is -2.39. The molecule has 9 heteroatoms. The average Bonchev–Trinajstić information content (AvgIpc) is 2.83. The lowest BCUT2D eigenvalue weighted by molar-refractivity contribution is -0.00409. The van der Waals surface area contributed by atoms with Crippen LogP contribution in [0, 0.1) is 0 Å². The Labute approximate surface area is 199 Å². The van der Waals surface area contributed by atoms with E-state index in [1.54, 1.807) is 33.5 Å². The molecule has 1 aliphatic rings. The Morgan fingerprint density at radius 3 is 2.55 bits per heavy atom. The number of benzene rings is 1. The SMILES string of the molecule is COCCOC1CCC(NC(=O)c2cc(NCc3ccc(OC)cc3OC)cc(Cl)n2)CC1. The Bertz CT molecular complexity index is 919. The van der Waals surface area contributed by atoms with Crippen molar-refractivity contribution in [2.45, 2.75) is 44.4 Å². The van der Waals surface area contributed by atoms with Gasteiger partial charge in [0.05, 0.1) is 33.5 Å². The highest BCUT2D eigenvalue weighted by Gasteiger charge is 2.24. The van der Waals surface area contributed by atoms with E-state index in [1.165, 1.54) is 0 Å². The quantitative estimate of drug-likeness (QED) is 0.372. The molecule has 0 bridgehead atoms. The fraction of sp³-hybridized carbons (Fsp3) is 0.500. The molecular weight excluding hydrogens is 446 g/mol. The Balaban J connectivity index is 1.56. The number of carbonyl (C=O) groups excluding carboxylic acids is 1. The summed E-state index contributed by atoms with van der Waals surface area (Å²) in [5, 5.41) is 6.62. The Kier molecular flexibility index (Phi) is 9.60. The molecule has 1 heterocycles. The zero-order chi connectivity index (χ0) is 23.6. The molecule has 33 heavy (non-hydrogen) atoms. The molecule has 0 spiro atoms. The second-order valence-electron chi connectivity index (χ2n) is 7.91. The van der Waals surface area contributed by atoms with Crippen LogP contribution in [0.3, 0.4) is 0 Å². The molecule has 2 N–H and O–H groups in total. The first-order valence-electron chi connectivity index (χ1n) is 11.1. The summed E-state index contributed by atoms with van der Waals surface area (Å²) in [5.41, 5.74) is 1.93. The highest BCUT2D eigenvalue weighted by atomic mass is 35.5. The molecule has 1 aromatic heterocycles. The summed E-state index contributed by atoms with van der Waals surface area (Å²) in [5.74, 6) is 1.20. The highest BCUT2D eigenvalue weighted by Crippen LogP contribution is 2.26. The highest BCUT2D eigenvalue weighted by molar-refractivity contribution is 6.29. The molecule has 0 saturated heterocycles. The minimum atomic E-state index is -0.230. The van der Waals surface area contributed by atoms with Gasteiger partial charge in [-0.2, -0.15) is 0 Å². The lowest BCUT2D eigenvalue weighted by atomic mass is 9.93. The number of nitrogens with one attached hydrogen (secondary N) is 2. The van der Waals surface area contributed by atoms with E-state index in [0.29, 0.717) is 31.2 Å². The zero-order valence-electron chi connectivity index (χ0n) is 19.4. The van der Waals surface area contributed by atoms with Crippen LogP contribution in [0.1, 0.15) is 41.7 Å². The molecule has 3 rings (SSSR count). The topological polar surface area (TPSA) is 90.9 Å². The number of anilines is 1. The minimum absolute atomic E-state index is 0.0977. The summed E-state index contributed by atoms with van der Waals surface area (Å²) in [6.07, 6.45) is 3.78. The summed E-state index contributed by atoms with van der Waals surface area (Å²) in [6.45, 7) is 1.68. The Morgan fingerprint density at radius 2 is 1.85 bits per heavy atom. The van der Waals surface area contributed by atoms with Crippen molar-refractivity contribution < 1.29 is 23.7 Å². The van der Waals surface area contributed by atoms with E-state index in [9.17, 15) is 4.79 Å². The summed E-state index contributed by atoms with van der Waals surface area (Å²) in [6, 6.07) is 9.12. The number of aromatic nitrogens is 1. The number of hydrogen-bond donors (Lipinski definition) is 2. The predicted octanol–water partition coefficient (Wildman–Crippen LogP) is 4.07. The summed E-state index contributed by atoms with van der Waals surface area (Å²) in [7, 11) is 4.89. The van der Waals surface area contributed by atoms with Crippen molar-refractivity contribution in [2.24, 2.45) is 0 Å². The molecule has 1 fully saturated rings. The van der Waals surface area contributed by atoms with E-state index in [2.05, 4.69) is 15.6 Å². The molecule has 1 aliphatic carbocycles. The van der Waals surface area contributed by atoms with Gasteiger partial charge in [-0.05, 0) is 49.9 Å². The van der Waals surface area contributed by atoms with Crippen LogP contribution in [0.5, 0.6) is 11.5 Å². The molecule has 1 aromatic carbocycles. The van der Waals surface area contributed by atoms with Crippen LogP contribution >= 0.6 is 11.6 Å². The predicted molar refractivity (Wildman–Crippen MR) is 127 cm³/mol. The van der Waals surface area contributed by atoms with Gasteiger partial charge in [-0.15, -0.1) is 0 Å². The van der Waals surface area contributed by atoms with Crippen LogP contribution in [-0.2, 0) is 16.0 Å². The summed E-state index contributed by atoms with van der Waals surface area (Å²) >= 11 is 6.20. The molecule has 0 aliphatic heterocycles. The second kappa shape index (κ2) is 12.6. The van der Waals surface area contributed by atoms with Crippen molar-refractivity contribution in [3.63, 3.8) is 0 Å². The van der Waals surface area contributed by atoms with E-state index >= 15 is 0 Å². The van der Waals surface area contributed by atoms with Crippen molar-refractivity contribution in [3.8, 4) is 11.5 Å². The van der Waals surface area contributed by atoms with Crippen LogP contribution in [-0.4, -0.2) is 57.6 Å². The van der Waals surface area contributed by atoms with Gasteiger partial charge in [0.15, 0.2) is 0 Å². The van der Waals surface area contributed by atoms with Crippen LogP contribution in [0.25, 0.3) is 0 Å². The maximum Gasteiger partial charge on any atom is 0.270 e. The maximum absolute atomic E-state index is 12.8. The number of amides is 1. The van der Waals surface area contributed by atoms with Crippen LogP contribution in [0.4, 0.5) is 5.69 Å². The van der Waals surface area contributed by atoms with Gasteiger partial charge in [0.1, 0.15) is 22.3 Å². The van der Waals surface area contributed by atoms with Gasteiger partial charge >= 0.3 is 0 Å². The van der Waals surface area contributed by atoms with E-state index < -0.39 is 0 Å². The molecule has 2 aromatic rings. The number of pyridine rings is 1. The Hall–Kier alpha value is -2.55. The Morgan fingerprint density at radius 1 is 1.06 bits per heavy atom. The van der Waals surface area contributed by atoms with Gasteiger partial charge in [0, 0.05) is 37.0 Å². The summed E-state index contributed by atoms with van der Waals surface area (Å²) < 4.78 is 21.5. The van der Waals surface area contributed by atoms with Gasteiger partial charge in [-0.3, -0.25) is 4.79 Å². The number of halogens is 1. The third-order valence-corrected chi connectivity index (χ3v) is 5.85. The van der Waals surface area contributed by atoms with Crippen molar-refractivity contribution in [3.05, 3.63) is 46.7 Å². The van der Waals surface area contributed by atoms with Crippen LogP contribution < -0.4 is 20.1 Å². The standard InChI is InChI=1S/C24H32ClN3O5/c1-30-10-11-33-19-8-5-17(6-9-19)27-24(29)21-12-18(13-23(25)28-21)26-15-16-4-7-20(31-2)14-22(16)32-3/h4,7,12-14,17,19H,5-6,8-11,15H2,1-3H3,(H,26,28)(H,27,29). The van der Waals surface area contributed by atoms with Gasteiger partial charge in [-0.1, -0.05) is 11.6 Å². The average molecular weight is 478 g/mol. The van der Waals surface area contributed by atoms with Crippen LogP contribution in [0.2, 0.25) is 5.15 Å². The molecule has 8 nitrogen and oxygen atoms in total. The van der Waals surface area contributed by atoms with E-state index in [-0.39, 0.29) is 28.9 Å². The number of rotatable bonds is 11. The molecule has 0 atom stereocenters. The minimum Gasteiger partial charge on any atom is -0.497 e. The normalized spacial score (nSPS) is 17.9. The largest absolute Gasteiger partial charge is 0.497 e. The second-order valence-corrected chi connectivity index (χ2v) is 8.29. The number of hydrogen-bond acceptors (Lipinski definition) is 7. The monoisotopic (exact) mass is 477 g/mol. The van der Waals surface area contributed by atoms with E-state index in [1.807, 2.05) is 18.2 Å². The number of ether oxygens (including phenoxy) is 4. The molecule has 0 radical (unpaired) electrons. The molecule has 180 valence electrons. The molecule has 1 amide bonds. The fourth-order valence-corrected chi connectivity index (χ4v) is 4.05. The van der Waals surface area contributed by atoms with Crippen molar-refractivity contribution in [2.75, 3.05) is 39.9 Å². The number of methoxy groups -OCH3 is 3. The van der Waals surface area contributed by atoms with Crippen LogP contribution in [0.15, 0.2) is 30.3 Å². The number of carbonyl (C=O) groups is 1. The maximum atomic E-state index is 12.8. The zero-order valence-corrected chi connectivity index (χ0v) is 20.1. The van der Waals surface area contributed by atoms with E-state index in [0.717, 1.165) is 37.0 Å². The van der Waals surface area contributed by atoms with Crippen molar-refractivity contribution in [1.82, 2.24) is 10.3 Å². The first-order chi connectivity index (χ1) is 16.0.